The van der Waals surface area contributed by atoms with E-state index in [1.165, 1.54) is 22.3 Å². The highest BCUT2D eigenvalue weighted by atomic mass is 16.2. The van der Waals surface area contributed by atoms with E-state index in [-0.39, 0.29) is 11.8 Å². The third-order valence-electron chi connectivity index (χ3n) is 6.85. The third kappa shape index (κ3) is 4.54. The van der Waals surface area contributed by atoms with E-state index in [1.54, 1.807) is 0 Å². The van der Waals surface area contributed by atoms with E-state index < -0.39 is 11.9 Å². The first-order valence-corrected chi connectivity index (χ1v) is 11.9. The van der Waals surface area contributed by atoms with Crippen LogP contribution in [0.5, 0.6) is 0 Å². The Hall–Kier alpha value is -4.00. The largest absolute Gasteiger partial charge is 0.365 e. The molecule has 2 aromatic carbocycles. The Bertz CT molecular complexity index is 1310. The topological polar surface area (TPSA) is 77.4 Å². The number of carbonyl (C=O) groups excluding carboxylic acids is 2. The first kappa shape index (κ1) is 22.8. The molecule has 0 fully saturated rings. The molecule has 3 amide bonds. The van der Waals surface area contributed by atoms with E-state index >= 15 is 0 Å². The summed E-state index contributed by atoms with van der Waals surface area (Å²) in [5.74, 6) is -0.133. The van der Waals surface area contributed by atoms with Gasteiger partial charge < -0.3 is 9.80 Å². The molecular formula is C28H29N5O2. The molecule has 1 aliphatic carbocycles. The molecule has 5 rings (SSSR count). The van der Waals surface area contributed by atoms with Gasteiger partial charge in [-0.15, -0.1) is 0 Å². The number of nitrogens with zero attached hydrogens (tertiary/aromatic N) is 4. The smallest absolute Gasteiger partial charge is 0.349 e. The lowest BCUT2D eigenvalue weighted by atomic mass is 9.91. The number of carbonyl (C=O) groups is 2. The maximum Gasteiger partial charge on any atom is 0.349 e. The van der Waals surface area contributed by atoms with Gasteiger partial charge >= 0.3 is 6.03 Å². The second kappa shape index (κ2) is 9.33. The molecule has 1 N–H and O–H groups in total. The Morgan fingerprint density at radius 3 is 2.54 bits per heavy atom. The maximum atomic E-state index is 12.6. The lowest BCUT2D eigenvalue weighted by Gasteiger charge is -2.40. The van der Waals surface area contributed by atoms with Gasteiger partial charge in [-0.25, -0.2) is 4.79 Å². The van der Waals surface area contributed by atoms with Gasteiger partial charge in [-0.2, -0.15) is 4.99 Å². The Morgan fingerprint density at radius 1 is 1.03 bits per heavy atom. The summed E-state index contributed by atoms with van der Waals surface area (Å²) in [4.78, 5) is 38.1. The summed E-state index contributed by atoms with van der Waals surface area (Å²) in [5.41, 5.74) is 7.23. The fraction of sp³-hybridized carbons (Fsp3) is 0.286. The van der Waals surface area contributed by atoms with Gasteiger partial charge in [0.15, 0.2) is 11.5 Å². The molecule has 2 aliphatic heterocycles. The van der Waals surface area contributed by atoms with Crippen LogP contribution in [0.15, 0.2) is 87.5 Å². The third-order valence-corrected chi connectivity index (χ3v) is 6.85. The van der Waals surface area contributed by atoms with E-state index in [9.17, 15) is 9.59 Å². The molecule has 0 saturated heterocycles. The molecule has 7 heteroatoms. The predicted octanol–water partition coefficient (Wildman–Crippen LogP) is 4.40. The maximum absolute atomic E-state index is 12.6. The van der Waals surface area contributed by atoms with Gasteiger partial charge in [-0.3, -0.25) is 15.1 Å². The van der Waals surface area contributed by atoms with Crippen molar-refractivity contribution in [2.75, 3.05) is 18.0 Å². The zero-order valence-electron chi connectivity index (χ0n) is 20.3. The number of nitrogens with one attached hydrogen (secondary N) is 1. The summed E-state index contributed by atoms with van der Waals surface area (Å²) < 4.78 is 0. The fourth-order valence-corrected chi connectivity index (χ4v) is 4.85. The predicted molar refractivity (Wildman–Crippen MR) is 139 cm³/mol. The number of urea groups is 1. The van der Waals surface area contributed by atoms with Crippen LogP contribution in [0.2, 0.25) is 0 Å². The monoisotopic (exact) mass is 467 g/mol. The summed E-state index contributed by atoms with van der Waals surface area (Å²) in [5, 5.41) is 2.28. The lowest BCUT2D eigenvalue weighted by Crippen LogP contribution is -2.55. The standard InChI is InChI=1S/C28H29N5O2/c1-18-9-7-8-12-23(18)32(17-21-10-5-4-6-11-21)13-14-33-24-16-20(3)19(2)15-22(24)29-25-26(33)30-28(35)31-27(25)34/h4-12,16,22H,13-15,17H2,1-3H3,(H,31,34,35). The van der Waals surface area contributed by atoms with Gasteiger partial charge in [-0.1, -0.05) is 59.7 Å². The van der Waals surface area contributed by atoms with Gasteiger partial charge in [0, 0.05) is 31.0 Å². The summed E-state index contributed by atoms with van der Waals surface area (Å²) in [6, 6.07) is 17.9. The molecule has 1 unspecified atom stereocenters. The number of hydrogen-bond donors (Lipinski definition) is 1. The highest BCUT2D eigenvalue weighted by Gasteiger charge is 2.39. The SMILES string of the molecule is CC1=C(C)CC2N=C3C(=O)NC(=O)N=C3N(CCN(Cc3ccccc3)c3ccccc3C)C2=C1. The molecule has 2 heterocycles. The van der Waals surface area contributed by atoms with Gasteiger partial charge in [0.25, 0.3) is 5.91 Å². The van der Waals surface area contributed by atoms with Gasteiger partial charge in [0.05, 0.1) is 6.04 Å². The van der Waals surface area contributed by atoms with Crippen LogP contribution in [0.25, 0.3) is 0 Å². The minimum atomic E-state index is -0.646. The van der Waals surface area contributed by atoms with Gasteiger partial charge in [0.1, 0.15) is 0 Å². The van der Waals surface area contributed by atoms with Crippen LogP contribution in [0, 0.1) is 6.92 Å². The quantitative estimate of drug-likeness (QED) is 0.683. The van der Waals surface area contributed by atoms with Crippen molar-refractivity contribution in [3.8, 4) is 0 Å². The molecule has 178 valence electrons. The van der Waals surface area contributed by atoms with Crippen LogP contribution in [0.3, 0.4) is 0 Å². The van der Waals surface area contributed by atoms with Crippen LogP contribution >= 0.6 is 0 Å². The number of anilines is 1. The number of fused-ring (bicyclic) bond motifs is 2. The molecule has 0 saturated carbocycles. The number of imide groups is 1. The molecule has 3 aliphatic rings. The van der Waals surface area contributed by atoms with Crippen molar-refractivity contribution in [1.82, 2.24) is 10.2 Å². The van der Waals surface area contributed by atoms with Crippen LogP contribution < -0.4 is 10.2 Å². The second-order valence-electron chi connectivity index (χ2n) is 9.27. The minimum absolute atomic E-state index is 0.160. The van der Waals surface area contributed by atoms with Crippen molar-refractivity contribution < 1.29 is 9.59 Å². The normalized spacial score (nSPS) is 19.3. The Balaban J connectivity index is 1.50. The summed E-state index contributed by atoms with van der Waals surface area (Å²) in [6.45, 7) is 8.28. The van der Waals surface area contributed by atoms with Gasteiger partial charge in [0.2, 0.25) is 0 Å². The lowest BCUT2D eigenvalue weighted by molar-refractivity contribution is -0.113. The summed E-state index contributed by atoms with van der Waals surface area (Å²) >= 11 is 0. The summed E-state index contributed by atoms with van der Waals surface area (Å²) in [7, 11) is 0. The molecule has 0 bridgehead atoms. The molecule has 2 aromatic rings. The Labute approximate surface area is 205 Å². The fourth-order valence-electron chi connectivity index (χ4n) is 4.85. The number of benzene rings is 2. The van der Waals surface area contributed by atoms with Crippen LogP contribution in [-0.2, 0) is 11.3 Å². The minimum Gasteiger partial charge on any atom is -0.365 e. The average Bonchev–Trinajstić information content (AvgIpc) is 2.84. The van der Waals surface area contributed by atoms with Crippen molar-refractivity contribution >= 4 is 29.2 Å². The molecule has 0 spiro atoms. The number of aryl methyl sites for hydroxylation is 1. The number of aliphatic imine (C=N–C) groups is 2. The van der Waals surface area contributed by atoms with Crippen LogP contribution in [0.4, 0.5) is 10.5 Å². The highest BCUT2D eigenvalue weighted by molar-refractivity contribution is 6.69. The van der Waals surface area contributed by atoms with Crippen molar-refractivity contribution in [2.45, 2.75) is 39.8 Å². The van der Waals surface area contributed by atoms with E-state index in [1.807, 2.05) is 17.0 Å². The van der Waals surface area contributed by atoms with E-state index in [4.69, 9.17) is 4.99 Å². The van der Waals surface area contributed by atoms with Crippen molar-refractivity contribution in [3.63, 3.8) is 0 Å². The number of allylic oxidation sites excluding steroid dienone is 2. The van der Waals surface area contributed by atoms with E-state index in [0.29, 0.717) is 18.9 Å². The molecule has 0 radical (unpaired) electrons. The number of para-hydroxylation sites is 1. The van der Waals surface area contributed by atoms with Crippen LogP contribution in [-0.4, -0.2) is 47.5 Å². The number of rotatable bonds is 6. The second-order valence-corrected chi connectivity index (χ2v) is 9.27. The van der Waals surface area contributed by atoms with Crippen molar-refractivity contribution in [1.29, 1.82) is 0 Å². The molecule has 7 nitrogen and oxygen atoms in total. The number of amides is 3. The van der Waals surface area contributed by atoms with Gasteiger partial charge in [-0.05, 0) is 50.5 Å². The van der Waals surface area contributed by atoms with E-state index in [2.05, 4.69) is 84.5 Å². The number of hydrogen-bond acceptors (Lipinski definition) is 5. The molecule has 1 atom stereocenters. The first-order chi connectivity index (χ1) is 16.9. The first-order valence-electron chi connectivity index (χ1n) is 11.9. The molecular weight excluding hydrogens is 438 g/mol. The van der Waals surface area contributed by atoms with Crippen molar-refractivity contribution in [3.05, 3.63) is 88.6 Å². The Kier molecular flexibility index (Phi) is 6.07. The zero-order valence-corrected chi connectivity index (χ0v) is 20.3. The summed E-state index contributed by atoms with van der Waals surface area (Å²) in [6.07, 6.45) is 2.87. The van der Waals surface area contributed by atoms with Crippen LogP contribution in [0.1, 0.15) is 31.4 Å². The highest BCUT2D eigenvalue weighted by Crippen LogP contribution is 2.33. The van der Waals surface area contributed by atoms with Crippen molar-refractivity contribution in [2.24, 2.45) is 9.98 Å². The van der Waals surface area contributed by atoms with E-state index in [0.717, 1.165) is 24.4 Å². The Morgan fingerprint density at radius 2 is 1.77 bits per heavy atom. The zero-order chi connectivity index (χ0) is 24.5. The average molecular weight is 468 g/mol. The molecule has 0 aromatic heterocycles. The molecule has 35 heavy (non-hydrogen) atoms. The number of amidine groups is 1.